The molecule has 6 nitrogen and oxygen atoms in total. The number of hydrogen-bond acceptors (Lipinski definition) is 4. The molecule has 3 aliphatic heterocycles. The van der Waals surface area contributed by atoms with Gasteiger partial charge in [-0.3, -0.25) is 0 Å². The molecule has 0 spiro atoms. The largest absolute Gasteiger partial charge is 0.506 e. The Labute approximate surface area is 114 Å². The molecule has 0 saturated heterocycles. The van der Waals surface area contributed by atoms with Gasteiger partial charge in [0.15, 0.2) is 5.82 Å². The molecule has 0 radical (unpaired) electrons. The van der Waals surface area contributed by atoms with Gasteiger partial charge in [0.05, 0.1) is 6.54 Å². The summed E-state index contributed by atoms with van der Waals surface area (Å²) in [5, 5.41) is 8.03. The van der Waals surface area contributed by atoms with Gasteiger partial charge in [-0.25, -0.2) is 9.78 Å². The molecule has 0 aromatic carbocycles. The summed E-state index contributed by atoms with van der Waals surface area (Å²) in [6.07, 6.45) is -1.22. The van der Waals surface area contributed by atoms with Crippen molar-refractivity contribution >= 4 is 27.9 Å². The van der Waals surface area contributed by atoms with E-state index in [2.05, 4.69) is 35.1 Å². The van der Waals surface area contributed by atoms with E-state index in [0.717, 1.165) is 25.5 Å². The quantitative estimate of drug-likeness (QED) is 0.744. The second-order valence-electron chi connectivity index (χ2n) is 5.20. The first kappa shape index (κ1) is 13.2. The number of fused-ring (bicyclic) bond motifs is 1. The summed E-state index contributed by atoms with van der Waals surface area (Å²) < 4.78 is 7.77. The molecule has 1 aromatic rings. The van der Waals surface area contributed by atoms with Gasteiger partial charge in [0.25, 0.3) is 0 Å². The van der Waals surface area contributed by atoms with E-state index >= 15 is 0 Å². The fourth-order valence-corrected chi connectivity index (χ4v) is 2.65. The first-order valence-corrected chi connectivity index (χ1v) is 6.49. The zero-order valence-electron chi connectivity index (χ0n) is 10.6. The monoisotopic (exact) mass is 317 g/mol. The molecule has 4 bridgehead atoms. The van der Waals surface area contributed by atoms with Crippen LogP contribution in [0.3, 0.4) is 0 Å². The number of imidazole rings is 1. The second kappa shape index (κ2) is 4.46. The number of hydrogen-bond donors (Lipinski definition) is 1. The third kappa shape index (κ3) is 2.60. The van der Waals surface area contributed by atoms with Crippen molar-refractivity contribution in [3.8, 4) is 0 Å². The highest BCUT2D eigenvalue weighted by molar-refractivity contribution is 9.10. The first-order valence-electron chi connectivity index (χ1n) is 5.70. The van der Waals surface area contributed by atoms with Gasteiger partial charge in [0.1, 0.15) is 16.0 Å². The van der Waals surface area contributed by atoms with Crippen molar-refractivity contribution in [3.63, 3.8) is 0 Å². The van der Waals surface area contributed by atoms with Crippen LogP contribution in [0.4, 0.5) is 10.6 Å². The fraction of sp³-hybridized carbons (Fsp3) is 0.636. The number of rotatable bonds is 0. The van der Waals surface area contributed by atoms with E-state index in [0.29, 0.717) is 0 Å². The third-order valence-electron chi connectivity index (χ3n) is 2.59. The summed E-state index contributed by atoms with van der Waals surface area (Å²) in [7, 11) is 0. The van der Waals surface area contributed by atoms with Crippen LogP contribution in [0.25, 0.3) is 0 Å². The molecule has 1 N–H and O–H groups in total. The van der Waals surface area contributed by atoms with Gasteiger partial charge < -0.3 is 19.3 Å². The molecule has 4 heterocycles. The molecule has 0 unspecified atom stereocenters. The SMILES string of the molecule is Brc1c2nc3n1CCN2C3.CC(C)(C)OC(=O)O. The predicted octanol–water partition coefficient (Wildman–Crippen LogP) is 2.46. The van der Waals surface area contributed by atoms with Gasteiger partial charge in [0.2, 0.25) is 0 Å². The molecule has 18 heavy (non-hydrogen) atoms. The lowest BCUT2D eigenvalue weighted by atomic mass is 10.2. The van der Waals surface area contributed by atoms with Crippen molar-refractivity contribution in [2.45, 2.75) is 39.5 Å². The molecular weight excluding hydrogens is 302 g/mol. The highest BCUT2D eigenvalue weighted by Crippen LogP contribution is 2.37. The minimum atomic E-state index is -1.22. The zero-order valence-corrected chi connectivity index (χ0v) is 12.2. The summed E-state index contributed by atoms with van der Waals surface area (Å²) in [5.41, 5.74) is -0.578. The van der Waals surface area contributed by atoms with Crippen LogP contribution in [-0.4, -0.2) is 33.0 Å². The molecule has 100 valence electrons. The number of aromatic nitrogens is 2. The van der Waals surface area contributed by atoms with Crippen LogP contribution in [-0.2, 0) is 17.8 Å². The van der Waals surface area contributed by atoms with Gasteiger partial charge in [0, 0.05) is 13.1 Å². The lowest BCUT2D eigenvalue weighted by molar-refractivity contribution is 0.0150. The predicted molar refractivity (Wildman–Crippen MR) is 69.8 cm³/mol. The third-order valence-corrected chi connectivity index (χ3v) is 3.37. The lowest BCUT2D eigenvalue weighted by Gasteiger charge is -2.29. The Hall–Kier alpha value is -1.24. The second-order valence-corrected chi connectivity index (χ2v) is 5.95. The number of halogens is 1. The Balaban J connectivity index is 0.000000139. The van der Waals surface area contributed by atoms with Gasteiger partial charge in [-0.15, -0.1) is 0 Å². The van der Waals surface area contributed by atoms with Crippen LogP contribution in [0.2, 0.25) is 0 Å². The molecule has 0 aliphatic carbocycles. The summed E-state index contributed by atoms with van der Waals surface area (Å²) in [5.74, 6) is 2.36. The van der Waals surface area contributed by atoms with Crippen molar-refractivity contribution in [1.29, 1.82) is 0 Å². The maximum absolute atomic E-state index is 9.79. The van der Waals surface area contributed by atoms with Crippen molar-refractivity contribution in [2.75, 3.05) is 11.4 Å². The van der Waals surface area contributed by atoms with Crippen LogP contribution in [0.1, 0.15) is 26.6 Å². The molecule has 0 saturated carbocycles. The Morgan fingerprint density at radius 1 is 1.44 bits per heavy atom. The maximum Gasteiger partial charge on any atom is 0.506 e. The van der Waals surface area contributed by atoms with Crippen LogP contribution >= 0.6 is 15.9 Å². The number of carbonyl (C=O) groups is 1. The number of anilines is 1. The van der Waals surface area contributed by atoms with Gasteiger partial charge in [-0.2, -0.15) is 0 Å². The average Bonchev–Trinajstić information content (AvgIpc) is 2.67. The Bertz CT molecular complexity index is 479. The highest BCUT2D eigenvalue weighted by atomic mass is 79.9. The Morgan fingerprint density at radius 2 is 2.11 bits per heavy atom. The van der Waals surface area contributed by atoms with Crippen molar-refractivity contribution < 1.29 is 14.6 Å². The molecular formula is C11H16BrN3O3. The maximum atomic E-state index is 9.79. The highest BCUT2D eigenvalue weighted by Gasteiger charge is 2.32. The van der Waals surface area contributed by atoms with Crippen LogP contribution < -0.4 is 4.90 Å². The summed E-state index contributed by atoms with van der Waals surface area (Å²) >= 11 is 3.50. The molecule has 3 aliphatic rings. The zero-order chi connectivity index (χ0) is 13.5. The van der Waals surface area contributed by atoms with Crippen molar-refractivity contribution in [1.82, 2.24) is 9.55 Å². The van der Waals surface area contributed by atoms with E-state index in [9.17, 15) is 4.79 Å². The minimum Gasteiger partial charge on any atom is -0.450 e. The summed E-state index contributed by atoms with van der Waals surface area (Å²) in [6.45, 7) is 8.31. The normalized spacial score (nSPS) is 15.4. The smallest absolute Gasteiger partial charge is 0.450 e. The van der Waals surface area contributed by atoms with Crippen LogP contribution in [0.15, 0.2) is 4.60 Å². The Kier molecular flexibility index (Phi) is 3.27. The standard InChI is InChI=1S/C6H6BrN3.C5H10O3/c7-5-6-8-4-3-9(6)1-2-10(4)5;1-5(2,3)8-4(6)7/h1-3H2;1-3H3,(H,6,7). The van der Waals surface area contributed by atoms with E-state index in [1.54, 1.807) is 20.8 Å². The van der Waals surface area contributed by atoms with Crippen molar-refractivity contribution in [3.05, 3.63) is 10.4 Å². The van der Waals surface area contributed by atoms with E-state index in [4.69, 9.17) is 5.11 Å². The number of carboxylic acid groups (broad SMARTS) is 1. The van der Waals surface area contributed by atoms with E-state index in [1.165, 1.54) is 10.4 Å². The molecule has 4 rings (SSSR count). The van der Waals surface area contributed by atoms with Gasteiger partial charge in [-0.1, -0.05) is 0 Å². The fourth-order valence-electron chi connectivity index (χ4n) is 1.93. The number of ether oxygens (including phenoxy) is 1. The molecule has 0 atom stereocenters. The first-order chi connectivity index (χ1) is 8.28. The molecule has 0 fully saturated rings. The topological polar surface area (TPSA) is 67.6 Å². The van der Waals surface area contributed by atoms with E-state index in [1.807, 2.05) is 0 Å². The number of nitrogens with zero attached hydrogens (tertiary/aromatic N) is 3. The van der Waals surface area contributed by atoms with Crippen LogP contribution in [0.5, 0.6) is 0 Å². The average molecular weight is 318 g/mol. The minimum absolute atomic E-state index is 0.578. The Morgan fingerprint density at radius 3 is 2.39 bits per heavy atom. The molecule has 0 amide bonds. The van der Waals surface area contributed by atoms with E-state index in [-0.39, 0.29) is 0 Å². The van der Waals surface area contributed by atoms with Crippen LogP contribution in [0, 0.1) is 0 Å². The van der Waals surface area contributed by atoms with Gasteiger partial charge in [-0.05, 0) is 36.7 Å². The lowest BCUT2D eigenvalue weighted by Crippen LogP contribution is -2.34. The van der Waals surface area contributed by atoms with Gasteiger partial charge >= 0.3 is 6.16 Å². The molecule has 1 aromatic heterocycles. The van der Waals surface area contributed by atoms with E-state index < -0.39 is 11.8 Å². The summed E-state index contributed by atoms with van der Waals surface area (Å²) in [4.78, 5) is 16.5. The summed E-state index contributed by atoms with van der Waals surface area (Å²) in [6, 6.07) is 0. The van der Waals surface area contributed by atoms with Crippen molar-refractivity contribution in [2.24, 2.45) is 0 Å². The molecule has 7 heteroatoms.